The van der Waals surface area contributed by atoms with E-state index in [4.69, 9.17) is 9.84 Å². The Morgan fingerprint density at radius 2 is 2.40 bits per heavy atom. The molecule has 1 heterocycles. The first kappa shape index (κ1) is 9.98. The highest BCUT2D eigenvalue weighted by atomic mass is 16.5. The molecular weight excluding hydrogens is 194 g/mol. The minimum absolute atomic E-state index is 0.0651. The van der Waals surface area contributed by atoms with Crippen molar-refractivity contribution in [2.45, 2.75) is 19.6 Å². The molecule has 1 atom stereocenters. The van der Waals surface area contributed by atoms with Crippen molar-refractivity contribution in [3.05, 3.63) is 29.3 Å². The molecule has 0 aromatic heterocycles. The van der Waals surface area contributed by atoms with Gasteiger partial charge in [0, 0.05) is 18.7 Å². The fraction of sp³-hybridized carbons (Fsp3) is 0.364. The van der Waals surface area contributed by atoms with Crippen molar-refractivity contribution in [2.75, 3.05) is 6.54 Å². The van der Waals surface area contributed by atoms with Crippen LogP contribution in [-0.2, 0) is 6.54 Å². The monoisotopic (exact) mass is 207 g/mol. The predicted octanol–water partition coefficient (Wildman–Crippen LogP) is 1.26. The van der Waals surface area contributed by atoms with Crippen LogP contribution in [0.1, 0.15) is 22.8 Å². The zero-order chi connectivity index (χ0) is 10.8. The molecule has 2 N–H and O–H groups in total. The molecule has 0 radical (unpaired) electrons. The molecule has 0 saturated heterocycles. The molecule has 80 valence electrons. The number of fused-ring (bicyclic) bond motifs is 1. The second-order valence-electron chi connectivity index (χ2n) is 3.69. The van der Waals surface area contributed by atoms with Gasteiger partial charge in [0.1, 0.15) is 11.9 Å². The summed E-state index contributed by atoms with van der Waals surface area (Å²) in [5.74, 6) is -0.251. The number of carbonyl (C=O) groups is 1. The van der Waals surface area contributed by atoms with Gasteiger partial charge in [0.2, 0.25) is 0 Å². The summed E-state index contributed by atoms with van der Waals surface area (Å²) in [4.78, 5) is 10.8. The van der Waals surface area contributed by atoms with Gasteiger partial charge in [-0.15, -0.1) is 0 Å². The minimum Gasteiger partial charge on any atom is -0.489 e. The van der Waals surface area contributed by atoms with E-state index in [2.05, 4.69) is 5.32 Å². The molecular formula is C11H13NO3. The normalized spacial score (nSPS) is 19.9. The molecule has 4 heteroatoms. The number of hydrogen-bond donors (Lipinski definition) is 2. The van der Waals surface area contributed by atoms with E-state index in [1.807, 2.05) is 6.92 Å². The molecule has 1 unspecified atom stereocenters. The average molecular weight is 207 g/mol. The van der Waals surface area contributed by atoms with Crippen molar-refractivity contribution in [2.24, 2.45) is 0 Å². The molecule has 0 fully saturated rings. The number of benzene rings is 1. The van der Waals surface area contributed by atoms with Crippen molar-refractivity contribution in [3.8, 4) is 5.75 Å². The summed E-state index contributed by atoms with van der Waals surface area (Å²) in [6.45, 7) is 3.45. The number of carboxylic acids is 1. The van der Waals surface area contributed by atoms with Crippen LogP contribution in [0.3, 0.4) is 0 Å². The number of hydrogen-bond acceptors (Lipinski definition) is 3. The lowest BCUT2D eigenvalue weighted by atomic mass is 10.1. The largest absolute Gasteiger partial charge is 0.489 e. The second-order valence-corrected chi connectivity index (χ2v) is 3.69. The van der Waals surface area contributed by atoms with Crippen molar-refractivity contribution in [1.82, 2.24) is 5.32 Å². The molecule has 1 aromatic rings. The summed E-state index contributed by atoms with van der Waals surface area (Å²) in [5, 5.41) is 12.1. The predicted molar refractivity (Wildman–Crippen MR) is 55.2 cm³/mol. The average Bonchev–Trinajstić information content (AvgIpc) is 2.37. The SMILES string of the molecule is CC1CNCc2ccc(C(=O)O)cc2O1. The Bertz CT molecular complexity index is 389. The van der Waals surface area contributed by atoms with Crippen molar-refractivity contribution >= 4 is 5.97 Å². The summed E-state index contributed by atoms with van der Waals surface area (Å²) in [6, 6.07) is 4.98. The maximum absolute atomic E-state index is 10.8. The van der Waals surface area contributed by atoms with E-state index in [0.29, 0.717) is 5.75 Å². The number of aromatic carboxylic acids is 1. The molecule has 1 aliphatic heterocycles. The lowest BCUT2D eigenvalue weighted by Crippen LogP contribution is -2.24. The molecule has 2 rings (SSSR count). The van der Waals surface area contributed by atoms with E-state index < -0.39 is 5.97 Å². The third-order valence-corrected chi connectivity index (χ3v) is 2.39. The van der Waals surface area contributed by atoms with Gasteiger partial charge in [-0.1, -0.05) is 6.07 Å². The number of nitrogens with one attached hydrogen (secondary N) is 1. The molecule has 0 bridgehead atoms. The zero-order valence-electron chi connectivity index (χ0n) is 8.49. The third-order valence-electron chi connectivity index (χ3n) is 2.39. The highest BCUT2D eigenvalue weighted by Gasteiger charge is 2.15. The van der Waals surface area contributed by atoms with Gasteiger partial charge >= 0.3 is 5.97 Å². The van der Waals surface area contributed by atoms with Crippen LogP contribution in [0.15, 0.2) is 18.2 Å². The third kappa shape index (κ3) is 2.10. The zero-order valence-corrected chi connectivity index (χ0v) is 8.49. The lowest BCUT2D eigenvalue weighted by molar-refractivity contribution is 0.0696. The van der Waals surface area contributed by atoms with Gasteiger partial charge in [-0.05, 0) is 19.1 Å². The molecule has 0 amide bonds. The fourth-order valence-corrected chi connectivity index (χ4v) is 1.61. The first-order valence-corrected chi connectivity index (χ1v) is 4.90. The lowest BCUT2D eigenvalue weighted by Gasteiger charge is -2.12. The second kappa shape index (κ2) is 3.90. The van der Waals surface area contributed by atoms with E-state index in [1.165, 1.54) is 0 Å². The Kier molecular flexibility index (Phi) is 2.60. The van der Waals surface area contributed by atoms with Crippen LogP contribution in [0, 0.1) is 0 Å². The Morgan fingerprint density at radius 3 is 3.13 bits per heavy atom. The Hall–Kier alpha value is -1.55. The van der Waals surface area contributed by atoms with Crippen molar-refractivity contribution in [1.29, 1.82) is 0 Å². The first-order chi connectivity index (χ1) is 7.16. The maximum atomic E-state index is 10.8. The minimum atomic E-state index is -0.925. The van der Waals surface area contributed by atoms with Crippen LogP contribution >= 0.6 is 0 Å². The molecule has 0 saturated carbocycles. The summed E-state index contributed by atoms with van der Waals surface area (Å²) in [6.07, 6.45) is 0.0651. The van der Waals surface area contributed by atoms with Crippen LogP contribution in [0.25, 0.3) is 0 Å². The molecule has 1 aliphatic rings. The van der Waals surface area contributed by atoms with E-state index in [-0.39, 0.29) is 11.7 Å². The first-order valence-electron chi connectivity index (χ1n) is 4.90. The Labute approximate surface area is 87.9 Å². The van der Waals surface area contributed by atoms with Gasteiger partial charge in [-0.25, -0.2) is 4.79 Å². The number of rotatable bonds is 1. The summed E-state index contributed by atoms with van der Waals surface area (Å²) >= 11 is 0. The number of ether oxygens (including phenoxy) is 1. The van der Waals surface area contributed by atoms with Crippen LogP contribution < -0.4 is 10.1 Å². The topological polar surface area (TPSA) is 58.6 Å². The fourth-order valence-electron chi connectivity index (χ4n) is 1.61. The van der Waals surface area contributed by atoms with Crippen LogP contribution in [0.5, 0.6) is 5.75 Å². The summed E-state index contributed by atoms with van der Waals surface area (Å²) in [5.41, 5.74) is 1.27. The molecule has 0 spiro atoms. The standard InChI is InChI=1S/C11H13NO3/c1-7-5-12-6-9-3-2-8(11(13)14)4-10(9)15-7/h2-4,7,12H,5-6H2,1H3,(H,13,14). The van der Waals surface area contributed by atoms with E-state index in [0.717, 1.165) is 18.7 Å². The van der Waals surface area contributed by atoms with Crippen LogP contribution in [-0.4, -0.2) is 23.7 Å². The van der Waals surface area contributed by atoms with Crippen LogP contribution in [0.2, 0.25) is 0 Å². The van der Waals surface area contributed by atoms with E-state index in [9.17, 15) is 4.79 Å². The Morgan fingerprint density at radius 1 is 1.60 bits per heavy atom. The van der Waals surface area contributed by atoms with Gasteiger partial charge in [-0.3, -0.25) is 0 Å². The molecule has 0 aliphatic carbocycles. The highest BCUT2D eigenvalue weighted by Crippen LogP contribution is 2.23. The summed E-state index contributed by atoms with van der Waals surface area (Å²) < 4.78 is 5.62. The maximum Gasteiger partial charge on any atom is 0.335 e. The van der Waals surface area contributed by atoms with E-state index >= 15 is 0 Å². The van der Waals surface area contributed by atoms with Gasteiger partial charge in [0.25, 0.3) is 0 Å². The van der Waals surface area contributed by atoms with Gasteiger partial charge in [-0.2, -0.15) is 0 Å². The van der Waals surface area contributed by atoms with E-state index in [1.54, 1.807) is 18.2 Å². The quantitative estimate of drug-likeness (QED) is 0.727. The van der Waals surface area contributed by atoms with Gasteiger partial charge in [0.15, 0.2) is 0 Å². The molecule has 4 nitrogen and oxygen atoms in total. The van der Waals surface area contributed by atoms with Gasteiger partial charge < -0.3 is 15.2 Å². The van der Waals surface area contributed by atoms with Crippen molar-refractivity contribution < 1.29 is 14.6 Å². The highest BCUT2D eigenvalue weighted by molar-refractivity contribution is 5.88. The Balaban J connectivity index is 2.37. The molecule has 15 heavy (non-hydrogen) atoms. The van der Waals surface area contributed by atoms with Gasteiger partial charge in [0.05, 0.1) is 5.56 Å². The molecule has 1 aromatic carbocycles. The van der Waals surface area contributed by atoms with Crippen molar-refractivity contribution in [3.63, 3.8) is 0 Å². The summed E-state index contributed by atoms with van der Waals surface area (Å²) in [7, 11) is 0. The number of carboxylic acid groups (broad SMARTS) is 1. The smallest absolute Gasteiger partial charge is 0.335 e. The van der Waals surface area contributed by atoms with Crippen LogP contribution in [0.4, 0.5) is 0 Å².